The first kappa shape index (κ1) is 14.6. The van der Waals surface area contributed by atoms with Crippen LogP contribution < -0.4 is 0 Å². The van der Waals surface area contributed by atoms with E-state index in [-0.39, 0.29) is 5.91 Å². The maximum absolute atomic E-state index is 12.4. The molecule has 112 valence electrons. The molecule has 0 spiro atoms. The SMILES string of the molecule is O=C(O)C1(C(=O)N2CCC(c3ccccc3Br)CC2)CC1. The van der Waals surface area contributed by atoms with Crippen molar-refractivity contribution in [3.05, 3.63) is 34.3 Å². The summed E-state index contributed by atoms with van der Waals surface area (Å²) in [5.74, 6) is -0.703. The van der Waals surface area contributed by atoms with Crippen molar-refractivity contribution in [3.8, 4) is 0 Å². The van der Waals surface area contributed by atoms with Gasteiger partial charge in [0, 0.05) is 17.6 Å². The van der Waals surface area contributed by atoms with E-state index < -0.39 is 11.4 Å². The molecule has 1 amide bonds. The third kappa shape index (κ3) is 2.59. The van der Waals surface area contributed by atoms with E-state index in [9.17, 15) is 14.7 Å². The number of carboxylic acid groups (broad SMARTS) is 1. The second-order valence-electron chi connectivity index (χ2n) is 5.98. The van der Waals surface area contributed by atoms with Gasteiger partial charge in [0.2, 0.25) is 5.91 Å². The highest BCUT2D eigenvalue weighted by molar-refractivity contribution is 9.10. The molecule has 1 aliphatic carbocycles. The molecule has 0 bridgehead atoms. The van der Waals surface area contributed by atoms with Gasteiger partial charge >= 0.3 is 5.97 Å². The molecule has 1 N–H and O–H groups in total. The first-order chi connectivity index (χ1) is 10.0. The number of aliphatic carboxylic acids is 1. The zero-order valence-corrected chi connectivity index (χ0v) is 13.3. The molecule has 1 aliphatic heterocycles. The Morgan fingerprint density at radius 2 is 1.81 bits per heavy atom. The zero-order valence-electron chi connectivity index (χ0n) is 11.7. The van der Waals surface area contributed by atoms with E-state index in [0.29, 0.717) is 31.8 Å². The molecule has 3 rings (SSSR count). The minimum Gasteiger partial charge on any atom is -0.480 e. The van der Waals surface area contributed by atoms with Gasteiger partial charge in [0.15, 0.2) is 0 Å². The number of hydrogen-bond donors (Lipinski definition) is 1. The number of halogens is 1. The summed E-state index contributed by atoms with van der Waals surface area (Å²) in [5.41, 5.74) is 0.184. The van der Waals surface area contributed by atoms with Crippen molar-refractivity contribution >= 4 is 27.8 Å². The van der Waals surface area contributed by atoms with Crippen LogP contribution >= 0.6 is 15.9 Å². The highest BCUT2D eigenvalue weighted by atomic mass is 79.9. The van der Waals surface area contributed by atoms with Crippen LogP contribution in [0.25, 0.3) is 0 Å². The Hall–Kier alpha value is -1.36. The predicted molar refractivity (Wildman–Crippen MR) is 82.0 cm³/mol. The lowest BCUT2D eigenvalue weighted by molar-refractivity contribution is -0.153. The Morgan fingerprint density at radius 3 is 2.33 bits per heavy atom. The summed E-state index contributed by atoms with van der Waals surface area (Å²) in [6, 6.07) is 8.18. The molecule has 4 nitrogen and oxygen atoms in total. The second-order valence-corrected chi connectivity index (χ2v) is 6.83. The number of piperidine rings is 1. The normalized spacial score (nSPS) is 21.1. The van der Waals surface area contributed by atoms with Crippen LogP contribution in [0.2, 0.25) is 0 Å². The first-order valence-electron chi connectivity index (χ1n) is 7.32. The molecule has 5 heteroatoms. The number of benzene rings is 1. The van der Waals surface area contributed by atoms with Crippen molar-refractivity contribution in [2.45, 2.75) is 31.6 Å². The van der Waals surface area contributed by atoms with Crippen LogP contribution in [0.4, 0.5) is 0 Å². The maximum atomic E-state index is 12.4. The van der Waals surface area contributed by atoms with Crippen molar-refractivity contribution in [1.82, 2.24) is 4.90 Å². The molecule has 2 aliphatic rings. The molecule has 1 aromatic carbocycles. The summed E-state index contributed by atoms with van der Waals surface area (Å²) in [7, 11) is 0. The van der Waals surface area contributed by atoms with Crippen molar-refractivity contribution in [1.29, 1.82) is 0 Å². The zero-order chi connectivity index (χ0) is 15.0. The summed E-state index contributed by atoms with van der Waals surface area (Å²) < 4.78 is 1.11. The number of carbonyl (C=O) groups excluding carboxylic acids is 1. The third-order valence-corrected chi connectivity index (χ3v) is 5.42. The third-order valence-electron chi connectivity index (χ3n) is 4.70. The van der Waals surface area contributed by atoms with Crippen LogP contribution in [0.3, 0.4) is 0 Å². The summed E-state index contributed by atoms with van der Waals surface area (Å²) in [6.07, 6.45) is 2.77. The van der Waals surface area contributed by atoms with Crippen LogP contribution in [0.15, 0.2) is 28.7 Å². The van der Waals surface area contributed by atoms with E-state index in [1.165, 1.54) is 5.56 Å². The Morgan fingerprint density at radius 1 is 1.19 bits per heavy atom. The van der Waals surface area contributed by atoms with Gasteiger partial charge in [0.1, 0.15) is 5.41 Å². The van der Waals surface area contributed by atoms with Crippen LogP contribution in [-0.4, -0.2) is 35.0 Å². The van der Waals surface area contributed by atoms with Crippen molar-refractivity contribution < 1.29 is 14.7 Å². The number of likely N-dealkylation sites (tertiary alicyclic amines) is 1. The number of carbonyl (C=O) groups is 2. The largest absolute Gasteiger partial charge is 0.480 e. The Bertz CT molecular complexity index is 575. The quantitative estimate of drug-likeness (QED) is 0.851. The van der Waals surface area contributed by atoms with Gasteiger partial charge in [-0.1, -0.05) is 34.1 Å². The summed E-state index contributed by atoms with van der Waals surface area (Å²) >= 11 is 3.58. The van der Waals surface area contributed by atoms with Gasteiger partial charge in [-0.3, -0.25) is 9.59 Å². The molecule has 0 radical (unpaired) electrons. The van der Waals surface area contributed by atoms with Crippen LogP contribution in [0.1, 0.15) is 37.2 Å². The summed E-state index contributed by atoms with van der Waals surface area (Å²) in [4.78, 5) is 25.4. The lowest BCUT2D eigenvalue weighted by atomic mass is 9.89. The lowest BCUT2D eigenvalue weighted by Gasteiger charge is -2.34. The second kappa shape index (κ2) is 5.44. The van der Waals surface area contributed by atoms with E-state index in [2.05, 4.69) is 22.0 Å². The van der Waals surface area contributed by atoms with Crippen LogP contribution in [0, 0.1) is 5.41 Å². The van der Waals surface area contributed by atoms with Gasteiger partial charge in [-0.05, 0) is 43.2 Å². The van der Waals surface area contributed by atoms with Gasteiger partial charge in [0.05, 0.1) is 0 Å². The molecule has 1 saturated heterocycles. The number of amides is 1. The number of hydrogen-bond acceptors (Lipinski definition) is 2. The van der Waals surface area contributed by atoms with E-state index in [1.807, 2.05) is 18.2 Å². The van der Waals surface area contributed by atoms with Gasteiger partial charge in [-0.15, -0.1) is 0 Å². The molecule has 1 aromatic rings. The average Bonchev–Trinajstić information content (AvgIpc) is 3.29. The molecule has 1 saturated carbocycles. The molecule has 0 atom stereocenters. The number of nitrogens with zero attached hydrogens (tertiary/aromatic N) is 1. The lowest BCUT2D eigenvalue weighted by Crippen LogP contribution is -2.44. The van der Waals surface area contributed by atoms with E-state index in [0.717, 1.165) is 17.3 Å². The Kier molecular flexibility index (Phi) is 3.78. The first-order valence-corrected chi connectivity index (χ1v) is 8.11. The summed E-state index contributed by atoms with van der Waals surface area (Å²) in [5, 5.41) is 9.22. The minimum absolute atomic E-state index is 0.180. The fourth-order valence-corrected chi connectivity index (χ4v) is 3.76. The number of rotatable bonds is 3. The smallest absolute Gasteiger partial charge is 0.319 e. The molecule has 0 aromatic heterocycles. The molecule has 1 heterocycles. The van der Waals surface area contributed by atoms with Gasteiger partial charge < -0.3 is 10.0 Å². The van der Waals surface area contributed by atoms with Crippen molar-refractivity contribution in [3.63, 3.8) is 0 Å². The maximum Gasteiger partial charge on any atom is 0.319 e. The van der Waals surface area contributed by atoms with Crippen molar-refractivity contribution in [2.75, 3.05) is 13.1 Å². The van der Waals surface area contributed by atoms with Crippen LogP contribution in [-0.2, 0) is 9.59 Å². The fourth-order valence-electron chi connectivity index (χ4n) is 3.15. The van der Waals surface area contributed by atoms with Crippen LogP contribution in [0.5, 0.6) is 0 Å². The van der Waals surface area contributed by atoms with E-state index >= 15 is 0 Å². The van der Waals surface area contributed by atoms with Gasteiger partial charge in [0.25, 0.3) is 0 Å². The standard InChI is InChI=1S/C16H18BrNO3/c17-13-4-2-1-3-12(13)11-5-9-18(10-6-11)14(19)16(7-8-16)15(20)21/h1-4,11H,5-10H2,(H,20,21). The number of carboxylic acids is 1. The van der Waals surface area contributed by atoms with E-state index in [4.69, 9.17) is 0 Å². The highest BCUT2D eigenvalue weighted by Crippen LogP contribution is 2.48. The summed E-state index contributed by atoms with van der Waals surface area (Å²) in [6.45, 7) is 1.31. The topological polar surface area (TPSA) is 57.6 Å². The molecule has 0 unspecified atom stereocenters. The highest BCUT2D eigenvalue weighted by Gasteiger charge is 2.58. The van der Waals surface area contributed by atoms with Crippen molar-refractivity contribution in [2.24, 2.45) is 5.41 Å². The van der Waals surface area contributed by atoms with Gasteiger partial charge in [-0.25, -0.2) is 0 Å². The average molecular weight is 352 g/mol. The fraction of sp³-hybridized carbons (Fsp3) is 0.500. The Balaban J connectivity index is 1.65. The van der Waals surface area contributed by atoms with Gasteiger partial charge in [-0.2, -0.15) is 0 Å². The van der Waals surface area contributed by atoms with E-state index in [1.54, 1.807) is 4.90 Å². The molecule has 21 heavy (non-hydrogen) atoms. The Labute approximate surface area is 132 Å². The monoisotopic (exact) mass is 351 g/mol. The minimum atomic E-state index is -1.10. The molecular formula is C16H18BrNO3. The predicted octanol–water partition coefficient (Wildman–Crippen LogP) is 3.02. The molecule has 2 fully saturated rings. The molecular weight excluding hydrogens is 334 g/mol.